The predicted octanol–water partition coefficient (Wildman–Crippen LogP) is 1.63. The Balaban J connectivity index is 1.57. The van der Waals surface area contributed by atoms with Crippen LogP contribution in [0, 0.1) is 11.8 Å². The lowest BCUT2D eigenvalue weighted by molar-refractivity contribution is -0.138. The minimum atomic E-state index is 0.00577. The zero-order valence-corrected chi connectivity index (χ0v) is 14.4. The van der Waals surface area contributed by atoms with E-state index >= 15 is 0 Å². The number of rotatable bonds is 4. The molecule has 2 saturated carbocycles. The summed E-state index contributed by atoms with van der Waals surface area (Å²) in [6.07, 6.45) is 9.38. The highest BCUT2D eigenvalue weighted by Gasteiger charge is 2.37. The molecule has 2 amide bonds. The van der Waals surface area contributed by atoms with Crippen molar-refractivity contribution < 1.29 is 9.59 Å². The number of amides is 2. The van der Waals surface area contributed by atoms with Gasteiger partial charge in [0.25, 0.3) is 0 Å². The topological polar surface area (TPSA) is 52.7 Å². The van der Waals surface area contributed by atoms with Crippen LogP contribution in [0.1, 0.15) is 51.4 Å². The lowest BCUT2D eigenvalue weighted by atomic mass is 9.95. The fraction of sp³-hybridized carbons (Fsp3) is 0.889. The van der Waals surface area contributed by atoms with Gasteiger partial charge in [0, 0.05) is 39.1 Å². The Morgan fingerprint density at radius 1 is 0.913 bits per heavy atom. The highest BCUT2D eigenvalue weighted by atomic mass is 16.2. The van der Waals surface area contributed by atoms with E-state index in [4.69, 9.17) is 0 Å². The van der Waals surface area contributed by atoms with Crippen LogP contribution in [-0.2, 0) is 9.59 Å². The first kappa shape index (κ1) is 16.7. The van der Waals surface area contributed by atoms with E-state index < -0.39 is 0 Å². The third-order valence-electron chi connectivity index (χ3n) is 6.09. The van der Waals surface area contributed by atoms with Gasteiger partial charge in [0.05, 0.1) is 6.04 Å². The van der Waals surface area contributed by atoms with Crippen LogP contribution in [0.4, 0.5) is 0 Å². The van der Waals surface area contributed by atoms with Crippen molar-refractivity contribution in [3.05, 3.63) is 0 Å². The molecule has 0 radical (unpaired) electrons. The number of carbonyl (C=O) groups is 2. The molecular weight excluding hydrogens is 290 g/mol. The molecule has 1 atom stereocenters. The summed E-state index contributed by atoms with van der Waals surface area (Å²) >= 11 is 0. The van der Waals surface area contributed by atoms with Crippen molar-refractivity contribution >= 4 is 11.8 Å². The summed E-state index contributed by atoms with van der Waals surface area (Å²) < 4.78 is 0. The Labute approximate surface area is 139 Å². The van der Waals surface area contributed by atoms with Gasteiger partial charge in [-0.05, 0) is 31.6 Å². The van der Waals surface area contributed by atoms with Gasteiger partial charge in [-0.15, -0.1) is 0 Å². The molecule has 5 heteroatoms. The van der Waals surface area contributed by atoms with E-state index in [0.29, 0.717) is 11.8 Å². The van der Waals surface area contributed by atoms with Gasteiger partial charge in [0.1, 0.15) is 0 Å². The highest BCUT2D eigenvalue weighted by Crippen LogP contribution is 2.31. The van der Waals surface area contributed by atoms with Gasteiger partial charge < -0.3 is 10.2 Å². The summed E-state index contributed by atoms with van der Waals surface area (Å²) in [5, 5.41) is 2.86. The Hall–Kier alpha value is -1.10. The maximum absolute atomic E-state index is 12.6. The van der Waals surface area contributed by atoms with Crippen molar-refractivity contribution in [2.75, 3.05) is 33.2 Å². The molecule has 0 aromatic heterocycles. The summed E-state index contributed by atoms with van der Waals surface area (Å²) in [5.41, 5.74) is 0. The number of piperazine rings is 1. The van der Waals surface area contributed by atoms with Crippen LogP contribution in [0.3, 0.4) is 0 Å². The van der Waals surface area contributed by atoms with Crippen molar-refractivity contribution in [3.8, 4) is 0 Å². The molecule has 23 heavy (non-hydrogen) atoms. The second-order valence-electron chi connectivity index (χ2n) is 7.45. The normalized spacial score (nSPS) is 25.7. The van der Waals surface area contributed by atoms with Gasteiger partial charge in [0.2, 0.25) is 11.8 Å². The zero-order valence-electron chi connectivity index (χ0n) is 14.4. The smallest absolute Gasteiger partial charge is 0.237 e. The van der Waals surface area contributed by atoms with Crippen molar-refractivity contribution in [2.45, 2.75) is 57.4 Å². The number of hydrogen-bond acceptors (Lipinski definition) is 3. The molecule has 1 heterocycles. The molecule has 2 aliphatic carbocycles. The van der Waals surface area contributed by atoms with E-state index in [-0.39, 0.29) is 17.9 Å². The van der Waals surface area contributed by atoms with Crippen molar-refractivity contribution in [3.63, 3.8) is 0 Å². The second kappa shape index (κ2) is 7.65. The van der Waals surface area contributed by atoms with E-state index in [1.54, 1.807) is 7.05 Å². The average Bonchev–Trinajstić information content (AvgIpc) is 3.28. The molecule has 130 valence electrons. The van der Waals surface area contributed by atoms with E-state index in [1.807, 2.05) is 4.90 Å². The minimum Gasteiger partial charge on any atom is -0.358 e. The second-order valence-corrected chi connectivity index (χ2v) is 7.45. The molecule has 0 aromatic rings. The summed E-state index contributed by atoms with van der Waals surface area (Å²) in [6.45, 7) is 3.26. The first-order chi connectivity index (χ1) is 11.2. The van der Waals surface area contributed by atoms with Crippen LogP contribution in [0.15, 0.2) is 0 Å². The fourth-order valence-electron chi connectivity index (χ4n) is 4.75. The molecule has 1 N–H and O–H groups in total. The molecule has 3 rings (SSSR count). The molecule has 0 spiro atoms. The SMILES string of the molecule is CNC(=O)C(C1CCCC1)N1CCN(C(=O)C2CCCC2)CC1. The van der Waals surface area contributed by atoms with Gasteiger partial charge in [-0.3, -0.25) is 14.5 Å². The van der Waals surface area contributed by atoms with Gasteiger partial charge in [-0.1, -0.05) is 25.7 Å². The van der Waals surface area contributed by atoms with E-state index in [9.17, 15) is 9.59 Å². The molecule has 1 aliphatic heterocycles. The van der Waals surface area contributed by atoms with Crippen LogP contribution in [0.25, 0.3) is 0 Å². The van der Waals surface area contributed by atoms with E-state index in [2.05, 4.69) is 10.2 Å². The van der Waals surface area contributed by atoms with Gasteiger partial charge in [0.15, 0.2) is 0 Å². The molecule has 3 fully saturated rings. The quantitative estimate of drug-likeness (QED) is 0.856. The molecule has 0 bridgehead atoms. The van der Waals surface area contributed by atoms with Gasteiger partial charge in [-0.25, -0.2) is 0 Å². The molecule has 3 aliphatic rings. The summed E-state index contributed by atoms with van der Waals surface area (Å²) in [5.74, 6) is 1.28. The monoisotopic (exact) mass is 321 g/mol. The summed E-state index contributed by atoms with van der Waals surface area (Å²) in [4.78, 5) is 29.3. The Morgan fingerprint density at radius 2 is 1.48 bits per heavy atom. The van der Waals surface area contributed by atoms with Crippen LogP contribution in [0.5, 0.6) is 0 Å². The lowest BCUT2D eigenvalue weighted by Crippen LogP contribution is -2.58. The minimum absolute atomic E-state index is 0.00577. The summed E-state index contributed by atoms with van der Waals surface area (Å²) in [7, 11) is 1.74. The zero-order chi connectivity index (χ0) is 16.2. The third-order valence-corrected chi connectivity index (χ3v) is 6.09. The number of carbonyl (C=O) groups excluding carboxylic acids is 2. The molecule has 0 aromatic carbocycles. The number of likely N-dealkylation sites (N-methyl/N-ethyl adjacent to an activating group) is 1. The number of nitrogens with zero attached hydrogens (tertiary/aromatic N) is 2. The first-order valence-corrected chi connectivity index (χ1v) is 9.45. The lowest BCUT2D eigenvalue weighted by Gasteiger charge is -2.41. The van der Waals surface area contributed by atoms with Gasteiger partial charge >= 0.3 is 0 Å². The van der Waals surface area contributed by atoms with E-state index in [0.717, 1.165) is 39.0 Å². The maximum atomic E-state index is 12.6. The van der Waals surface area contributed by atoms with Crippen molar-refractivity contribution in [1.29, 1.82) is 0 Å². The van der Waals surface area contributed by atoms with Gasteiger partial charge in [-0.2, -0.15) is 0 Å². The van der Waals surface area contributed by atoms with Crippen molar-refractivity contribution in [2.24, 2.45) is 11.8 Å². The maximum Gasteiger partial charge on any atom is 0.237 e. The first-order valence-electron chi connectivity index (χ1n) is 9.45. The standard InChI is InChI=1S/C18H31N3O2/c1-19-17(22)16(14-6-2-3-7-14)20-10-12-21(13-11-20)18(23)15-8-4-5-9-15/h14-16H,2-13H2,1H3,(H,19,22). The third kappa shape index (κ3) is 3.70. The highest BCUT2D eigenvalue weighted by molar-refractivity contribution is 5.82. The van der Waals surface area contributed by atoms with Crippen molar-refractivity contribution in [1.82, 2.24) is 15.1 Å². The van der Waals surface area contributed by atoms with Crippen LogP contribution in [-0.4, -0.2) is 60.9 Å². The number of nitrogens with one attached hydrogen (secondary N) is 1. The Kier molecular flexibility index (Phi) is 5.57. The molecular formula is C18H31N3O2. The van der Waals surface area contributed by atoms with Crippen LogP contribution in [0.2, 0.25) is 0 Å². The summed E-state index contributed by atoms with van der Waals surface area (Å²) in [6, 6.07) is 0.00577. The molecule has 1 unspecified atom stereocenters. The largest absolute Gasteiger partial charge is 0.358 e. The average molecular weight is 321 g/mol. The molecule has 1 saturated heterocycles. The van der Waals surface area contributed by atoms with E-state index in [1.165, 1.54) is 38.5 Å². The van der Waals surface area contributed by atoms with Crippen LogP contribution < -0.4 is 5.32 Å². The fourth-order valence-corrected chi connectivity index (χ4v) is 4.75. The molecule has 5 nitrogen and oxygen atoms in total. The number of hydrogen-bond donors (Lipinski definition) is 1. The van der Waals surface area contributed by atoms with Crippen LogP contribution >= 0.6 is 0 Å². The predicted molar refractivity (Wildman–Crippen MR) is 89.9 cm³/mol. The Morgan fingerprint density at radius 3 is 2.04 bits per heavy atom. The Bertz CT molecular complexity index is 420.